The maximum atomic E-state index is 14.6. The van der Waals surface area contributed by atoms with Crippen molar-refractivity contribution in [3.05, 3.63) is 59.2 Å². The van der Waals surface area contributed by atoms with Gasteiger partial charge < -0.3 is 4.52 Å². The first-order chi connectivity index (χ1) is 14.0. The second-order valence-corrected chi connectivity index (χ2v) is 8.98. The van der Waals surface area contributed by atoms with Crippen LogP contribution in [0.1, 0.15) is 43.5 Å². The highest BCUT2D eigenvalue weighted by atomic mass is 35.5. The van der Waals surface area contributed by atoms with E-state index in [1.807, 2.05) is 11.0 Å². The standard InChI is InChI=1S/C22H23FN2O3S.ClH/c1-14(26)29-20-8-10-25(13-16(20)12-17-9-11-28-24-17)21(22(27)15-6-7-15)18-4-2-3-5-19(18)23;/h2-5,9,11-12,15,20-21H,6-8,10,13H2,1H3;1H/b16-12-;. The van der Waals surface area contributed by atoms with Gasteiger partial charge in [-0.15, -0.1) is 12.4 Å². The predicted octanol–water partition coefficient (Wildman–Crippen LogP) is 4.69. The molecule has 0 spiro atoms. The fourth-order valence-corrected chi connectivity index (χ4v) is 4.80. The Kier molecular flexibility index (Phi) is 7.50. The van der Waals surface area contributed by atoms with Crippen LogP contribution in [-0.4, -0.2) is 39.3 Å². The molecule has 2 unspecified atom stereocenters. The number of piperidine rings is 1. The van der Waals surface area contributed by atoms with Crippen LogP contribution < -0.4 is 0 Å². The van der Waals surface area contributed by atoms with Gasteiger partial charge in [-0.1, -0.05) is 35.1 Å². The average Bonchev–Trinajstić information content (AvgIpc) is 3.42. The Morgan fingerprint density at radius 1 is 1.27 bits per heavy atom. The van der Waals surface area contributed by atoms with E-state index in [-0.39, 0.29) is 40.3 Å². The van der Waals surface area contributed by atoms with Crippen molar-refractivity contribution in [1.82, 2.24) is 10.1 Å². The van der Waals surface area contributed by atoms with Crippen LogP contribution in [0, 0.1) is 11.7 Å². The SMILES string of the molecule is CC(=O)SC1CCN(C(C(=O)C2CC2)c2ccccc2F)C/C1=C/c1ccon1.Cl. The van der Waals surface area contributed by atoms with E-state index in [0.29, 0.717) is 30.8 Å². The zero-order valence-corrected chi connectivity index (χ0v) is 18.3. The van der Waals surface area contributed by atoms with Gasteiger partial charge in [0.25, 0.3) is 0 Å². The fraction of sp³-hybridized carbons (Fsp3) is 0.409. The van der Waals surface area contributed by atoms with Gasteiger partial charge in [0.15, 0.2) is 10.9 Å². The molecule has 1 saturated heterocycles. The van der Waals surface area contributed by atoms with Crippen LogP contribution in [0.15, 0.2) is 46.7 Å². The molecular weight excluding hydrogens is 427 g/mol. The molecule has 2 fully saturated rings. The Balaban J connectivity index is 0.00000256. The molecule has 30 heavy (non-hydrogen) atoms. The first-order valence-corrected chi connectivity index (χ1v) is 10.7. The molecule has 1 saturated carbocycles. The maximum Gasteiger partial charge on any atom is 0.186 e. The van der Waals surface area contributed by atoms with Crippen LogP contribution in [-0.2, 0) is 9.59 Å². The van der Waals surface area contributed by atoms with Crippen molar-refractivity contribution in [2.45, 2.75) is 37.5 Å². The van der Waals surface area contributed by atoms with E-state index < -0.39 is 6.04 Å². The summed E-state index contributed by atoms with van der Waals surface area (Å²) < 4.78 is 19.5. The Labute approximate surface area is 185 Å². The highest BCUT2D eigenvalue weighted by Gasteiger charge is 2.41. The van der Waals surface area contributed by atoms with Gasteiger partial charge in [0, 0.05) is 42.8 Å². The zero-order chi connectivity index (χ0) is 20.4. The summed E-state index contributed by atoms with van der Waals surface area (Å²) in [6.45, 7) is 2.66. The number of aromatic nitrogens is 1. The van der Waals surface area contributed by atoms with E-state index in [1.165, 1.54) is 24.1 Å². The summed E-state index contributed by atoms with van der Waals surface area (Å²) in [5.74, 6) is -0.241. The van der Waals surface area contributed by atoms with Crippen LogP contribution in [0.25, 0.3) is 6.08 Å². The highest BCUT2D eigenvalue weighted by molar-refractivity contribution is 8.14. The molecule has 1 aliphatic heterocycles. The molecular formula is C22H24ClFN2O3S. The summed E-state index contributed by atoms with van der Waals surface area (Å²) in [6, 6.07) is 7.68. The number of hydrogen-bond acceptors (Lipinski definition) is 6. The molecule has 2 aromatic rings. The Morgan fingerprint density at radius 3 is 2.67 bits per heavy atom. The van der Waals surface area contributed by atoms with Crippen LogP contribution in [0.5, 0.6) is 0 Å². The molecule has 4 rings (SSSR count). The normalized spacial score (nSPS) is 21.8. The predicted molar refractivity (Wildman–Crippen MR) is 117 cm³/mol. The Hall–Kier alpha value is -1.96. The third kappa shape index (κ3) is 5.20. The van der Waals surface area contributed by atoms with Crippen molar-refractivity contribution in [1.29, 1.82) is 0 Å². The molecule has 1 aliphatic carbocycles. The first kappa shape index (κ1) is 22.7. The Bertz CT molecular complexity index is 930. The number of likely N-dealkylation sites (tertiary alicyclic amines) is 1. The quantitative estimate of drug-likeness (QED) is 0.636. The monoisotopic (exact) mass is 450 g/mol. The van der Waals surface area contributed by atoms with Crippen LogP contribution in [0.3, 0.4) is 0 Å². The number of hydrogen-bond donors (Lipinski definition) is 0. The highest BCUT2D eigenvalue weighted by Crippen LogP contribution is 2.40. The van der Waals surface area contributed by atoms with E-state index in [2.05, 4.69) is 5.16 Å². The molecule has 0 amide bonds. The minimum Gasteiger partial charge on any atom is -0.364 e. The number of nitrogens with zero attached hydrogens (tertiary/aromatic N) is 2. The number of carbonyl (C=O) groups excluding carboxylic acids is 2. The fourth-order valence-electron chi connectivity index (χ4n) is 3.88. The molecule has 2 heterocycles. The van der Waals surface area contributed by atoms with Crippen molar-refractivity contribution in [2.24, 2.45) is 5.92 Å². The van der Waals surface area contributed by atoms with Gasteiger partial charge in [0.1, 0.15) is 17.8 Å². The zero-order valence-electron chi connectivity index (χ0n) is 16.6. The minimum atomic E-state index is -0.604. The minimum absolute atomic E-state index is 0. The number of thioether (sulfide) groups is 1. The lowest BCUT2D eigenvalue weighted by Crippen LogP contribution is -2.43. The number of rotatable bonds is 6. The van der Waals surface area contributed by atoms with E-state index >= 15 is 0 Å². The summed E-state index contributed by atoms with van der Waals surface area (Å²) in [4.78, 5) is 26.9. The molecule has 5 nitrogen and oxygen atoms in total. The molecule has 2 atom stereocenters. The van der Waals surface area contributed by atoms with E-state index in [9.17, 15) is 14.0 Å². The summed E-state index contributed by atoms with van der Waals surface area (Å²) in [6.07, 6.45) is 5.87. The lowest BCUT2D eigenvalue weighted by Gasteiger charge is -2.38. The van der Waals surface area contributed by atoms with Gasteiger partial charge >= 0.3 is 0 Å². The van der Waals surface area contributed by atoms with E-state index in [0.717, 1.165) is 18.4 Å². The topological polar surface area (TPSA) is 63.4 Å². The summed E-state index contributed by atoms with van der Waals surface area (Å²) >= 11 is 1.29. The number of halogens is 2. The molecule has 2 aliphatic rings. The van der Waals surface area contributed by atoms with E-state index in [1.54, 1.807) is 31.2 Å². The second kappa shape index (κ2) is 9.90. The smallest absolute Gasteiger partial charge is 0.186 e. The van der Waals surface area contributed by atoms with Crippen molar-refractivity contribution in [3.63, 3.8) is 0 Å². The molecule has 160 valence electrons. The lowest BCUT2D eigenvalue weighted by molar-refractivity contribution is -0.126. The number of ketones is 1. The molecule has 0 radical (unpaired) electrons. The third-order valence-electron chi connectivity index (χ3n) is 5.39. The average molecular weight is 451 g/mol. The second-order valence-electron chi connectivity index (χ2n) is 7.60. The number of benzene rings is 1. The van der Waals surface area contributed by atoms with Crippen LogP contribution in [0.4, 0.5) is 4.39 Å². The van der Waals surface area contributed by atoms with Gasteiger partial charge in [-0.05, 0) is 37.0 Å². The summed E-state index contributed by atoms with van der Waals surface area (Å²) in [7, 11) is 0. The molecule has 8 heteroatoms. The van der Waals surface area contributed by atoms with Crippen molar-refractivity contribution in [2.75, 3.05) is 13.1 Å². The van der Waals surface area contributed by atoms with Crippen molar-refractivity contribution >= 4 is 41.1 Å². The first-order valence-electron chi connectivity index (χ1n) is 9.83. The van der Waals surface area contributed by atoms with Crippen LogP contribution in [0.2, 0.25) is 0 Å². The largest absolute Gasteiger partial charge is 0.364 e. The van der Waals surface area contributed by atoms with Crippen molar-refractivity contribution < 1.29 is 18.5 Å². The number of carbonyl (C=O) groups is 2. The van der Waals surface area contributed by atoms with Gasteiger partial charge in [-0.2, -0.15) is 0 Å². The van der Waals surface area contributed by atoms with Gasteiger partial charge in [-0.3, -0.25) is 14.5 Å². The molecule has 1 aromatic carbocycles. The third-order valence-corrected chi connectivity index (χ3v) is 6.55. The molecule has 1 aromatic heterocycles. The lowest BCUT2D eigenvalue weighted by atomic mass is 9.93. The maximum absolute atomic E-state index is 14.6. The summed E-state index contributed by atoms with van der Waals surface area (Å²) in [5.41, 5.74) is 2.10. The molecule has 0 N–H and O–H groups in total. The van der Waals surface area contributed by atoms with Gasteiger partial charge in [0.2, 0.25) is 0 Å². The van der Waals surface area contributed by atoms with Gasteiger partial charge in [0.05, 0.1) is 6.04 Å². The molecule has 0 bridgehead atoms. The van der Waals surface area contributed by atoms with Crippen molar-refractivity contribution in [3.8, 4) is 0 Å². The van der Waals surface area contributed by atoms with Gasteiger partial charge in [-0.25, -0.2) is 4.39 Å². The Morgan fingerprint density at radius 2 is 2.03 bits per heavy atom. The summed E-state index contributed by atoms with van der Waals surface area (Å²) in [5, 5.41) is 4.01. The number of Topliss-reactive ketones (excluding diaryl/α,β-unsaturated/α-hetero) is 1. The van der Waals surface area contributed by atoms with E-state index in [4.69, 9.17) is 4.52 Å². The van der Waals surface area contributed by atoms with Crippen LogP contribution >= 0.6 is 24.2 Å².